The lowest BCUT2D eigenvalue weighted by Crippen LogP contribution is -2.48. The van der Waals surface area contributed by atoms with Crippen LogP contribution in [-0.4, -0.2) is 58.8 Å². The fraction of sp³-hybridized carbons (Fsp3) is 0.367. The molecule has 1 aliphatic rings. The Morgan fingerprint density at radius 3 is 2.30 bits per heavy atom. The fourth-order valence-electron chi connectivity index (χ4n) is 4.71. The fourth-order valence-corrected chi connectivity index (χ4v) is 4.71. The number of hydrogen-bond donors (Lipinski definition) is 2. The summed E-state index contributed by atoms with van der Waals surface area (Å²) in [5.41, 5.74) is 1.80. The van der Waals surface area contributed by atoms with Gasteiger partial charge in [-0.2, -0.15) is 0 Å². The van der Waals surface area contributed by atoms with E-state index in [1.165, 1.54) is 12.1 Å². The van der Waals surface area contributed by atoms with Crippen LogP contribution in [0.3, 0.4) is 0 Å². The van der Waals surface area contributed by atoms with E-state index in [0.29, 0.717) is 56.6 Å². The normalized spacial score (nSPS) is 16.0. The number of halogens is 2. The van der Waals surface area contributed by atoms with Gasteiger partial charge in [0.25, 0.3) is 0 Å². The number of likely N-dealkylation sites (tertiary alicyclic amines) is 1. The van der Waals surface area contributed by atoms with E-state index in [1.54, 1.807) is 36.4 Å². The number of nitrogens with zero attached hydrogens (tertiary/aromatic N) is 1. The molecule has 1 aliphatic heterocycles. The van der Waals surface area contributed by atoms with Crippen molar-refractivity contribution in [3.63, 3.8) is 0 Å². The zero-order valence-corrected chi connectivity index (χ0v) is 21.7. The average Bonchev–Trinajstić information content (AvgIpc) is 2.89. The quantitative estimate of drug-likeness (QED) is 0.348. The lowest BCUT2D eigenvalue weighted by molar-refractivity contribution is -0.0325. The van der Waals surface area contributed by atoms with Crippen molar-refractivity contribution in [1.82, 2.24) is 4.90 Å². The van der Waals surface area contributed by atoms with Gasteiger partial charge in [-0.05, 0) is 54.7 Å². The number of aliphatic hydroxyl groups excluding tert-OH is 1. The van der Waals surface area contributed by atoms with Crippen molar-refractivity contribution in [2.45, 2.75) is 43.8 Å². The van der Waals surface area contributed by atoms with E-state index in [4.69, 9.17) is 4.74 Å². The minimum Gasteiger partial charge on any atom is -0.490 e. The summed E-state index contributed by atoms with van der Waals surface area (Å²) >= 11 is 0. The van der Waals surface area contributed by atoms with Gasteiger partial charge in [0.2, 0.25) is 0 Å². The van der Waals surface area contributed by atoms with Crippen LogP contribution in [0.15, 0.2) is 78.9 Å². The highest BCUT2D eigenvalue weighted by molar-refractivity contribution is 5.98. The first-order valence-electron chi connectivity index (χ1n) is 12.6. The molecule has 1 unspecified atom stereocenters. The molecule has 0 bridgehead atoms. The average molecular weight is 528 g/mol. The summed E-state index contributed by atoms with van der Waals surface area (Å²) in [5.74, 6) is 0.101. The molecule has 5 nitrogen and oxygen atoms in total. The highest BCUT2D eigenvalue weighted by atomic mass is 35.5. The summed E-state index contributed by atoms with van der Waals surface area (Å²) in [5, 5.41) is 21.6. The largest absolute Gasteiger partial charge is 0.490 e. The Bertz CT molecular complexity index is 1120. The molecule has 198 valence electrons. The molecule has 37 heavy (non-hydrogen) atoms. The Hall–Kier alpha value is -2.77. The van der Waals surface area contributed by atoms with Crippen molar-refractivity contribution in [2.75, 3.05) is 26.2 Å². The molecule has 0 aliphatic carbocycles. The second-order valence-electron chi connectivity index (χ2n) is 9.70. The molecular weight excluding hydrogens is 493 g/mol. The van der Waals surface area contributed by atoms with Gasteiger partial charge in [-0.3, -0.25) is 4.79 Å². The van der Waals surface area contributed by atoms with Crippen molar-refractivity contribution in [1.29, 1.82) is 0 Å². The molecule has 1 saturated heterocycles. The number of Topliss-reactive ketones (excluding diaryl/α,β-unsaturated/α-hetero) is 1. The van der Waals surface area contributed by atoms with Gasteiger partial charge in [0.1, 0.15) is 24.3 Å². The molecule has 0 radical (unpaired) electrons. The smallest absolute Gasteiger partial charge is 0.166 e. The van der Waals surface area contributed by atoms with E-state index in [2.05, 4.69) is 4.90 Å². The molecule has 0 amide bonds. The van der Waals surface area contributed by atoms with Crippen LogP contribution < -0.4 is 4.74 Å². The van der Waals surface area contributed by atoms with Gasteiger partial charge in [0, 0.05) is 32.5 Å². The van der Waals surface area contributed by atoms with E-state index in [0.717, 1.165) is 11.1 Å². The summed E-state index contributed by atoms with van der Waals surface area (Å²) in [6.07, 6.45) is 2.03. The van der Waals surface area contributed by atoms with Crippen LogP contribution in [0.1, 0.15) is 40.7 Å². The Kier molecular flexibility index (Phi) is 10.6. The van der Waals surface area contributed by atoms with Gasteiger partial charge in [-0.1, -0.05) is 54.6 Å². The number of carbonyl (C=O) groups is 1. The third kappa shape index (κ3) is 8.64. The monoisotopic (exact) mass is 527 g/mol. The molecule has 3 aromatic rings. The van der Waals surface area contributed by atoms with Crippen LogP contribution in [-0.2, 0) is 12.8 Å². The lowest BCUT2D eigenvalue weighted by atomic mass is 9.85. The Labute approximate surface area is 224 Å². The van der Waals surface area contributed by atoms with E-state index in [-0.39, 0.29) is 37.0 Å². The van der Waals surface area contributed by atoms with E-state index >= 15 is 0 Å². The molecule has 0 saturated carbocycles. The first kappa shape index (κ1) is 28.8. The van der Waals surface area contributed by atoms with Gasteiger partial charge >= 0.3 is 0 Å². The molecular formula is C30H35ClFNO4. The van der Waals surface area contributed by atoms with Crippen LogP contribution in [0.25, 0.3) is 0 Å². The van der Waals surface area contributed by atoms with E-state index < -0.39 is 11.7 Å². The standard InChI is InChI=1S/C30H34FNO4.ClH/c31-25-13-10-23(11-14-25)12-15-28(34)27-8-4-5-9-29(27)36-22-26(33)21-32-18-16-30(35,17-19-32)20-24-6-2-1-3-7-24;/h1-11,13-14,26,33,35H,12,15-22H2;1H. The number of carbonyl (C=O) groups excluding carboxylic acids is 1. The van der Waals surface area contributed by atoms with Crippen molar-refractivity contribution in [3.8, 4) is 5.75 Å². The van der Waals surface area contributed by atoms with Gasteiger partial charge in [0.05, 0.1) is 11.2 Å². The second kappa shape index (κ2) is 13.7. The molecule has 0 spiro atoms. The van der Waals surface area contributed by atoms with E-state index in [1.807, 2.05) is 30.3 Å². The lowest BCUT2D eigenvalue weighted by Gasteiger charge is -2.39. The number of aryl methyl sites for hydroxylation is 1. The van der Waals surface area contributed by atoms with Crippen LogP contribution >= 0.6 is 12.4 Å². The van der Waals surface area contributed by atoms with Crippen molar-refractivity contribution in [3.05, 3.63) is 101 Å². The zero-order valence-electron chi connectivity index (χ0n) is 20.9. The number of rotatable bonds is 11. The molecule has 0 aromatic heterocycles. The summed E-state index contributed by atoms with van der Waals surface area (Å²) < 4.78 is 19.0. The van der Waals surface area contributed by atoms with Crippen molar-refractivity contribution < 1.29 is 24.1 Å². The number of para-hydroxylation sites is 1. The summed E-state index contributed by atoms with van der Waals surface area (Å²) in [6.45, 7) is 1.94. The molecule has 1 heterocycles. The van der Waals surface area contributed by atoms with Crippen LogP contribution in [0, 0.1) is 5.82 Å². The molecule has 1 fully saturated rings. The third-order valence-corrected chi connectivity index (χ3v) is 6.80. The molecule has 4 rings (SSSR count). The summed E-state index contributed by atoms with van der Waals surface area (Å²) in [7, 11) is 0. The second-order valence-corrected chi connectivity index (χ2v) is 9.70. The van der Waals surface area contributed by atoms with Gasteiger partial charge < -0.3 is 19.8 Å². The minimum atomic E-state index is -0.716. The third-order valence-electron chi connectivity index (χ3n) is 6.80. The molecule has 3 aromatic carbocycles. The Balaban J connectivity index is 0.00000380. The van der Waals surface area contributed by atoms with Gasteiger partial charge in [0.15, 0.2) is 5.78 Å². The maximum Gasteiger partial charge on any atom is 0.166 e. The molecule has 2 N–H and O–H groups in total. The summed E-state index contributed by atoms with van der Waals surface area (Å²) in [4.78, 5) is 15.0. The Morgan fingerprint density at radius 2 is 1.59 bits per heavy atom. The number of aliphatic hydroxyl groups is 2. The summed E-state index contributed by atoms with van der Waals surface area (Å²) in [6, 6.07) is 23.2. The first-order chi connectivity index (χ1) is 17.4. The van der Waals surface area contributed by atoms with Crippen LogP contribution in [0.4, 0.5) is 4.39 Å². The predicted molar refractivity (Wildman–Crippen MR) is 145 cm³/mol. The number of hydrogen-bond acceptors (Lipinski definition) is 5. The topological polar surface area (TPSA) is 70.0 Å². The maximum absolute atomic E-state index is 13.1. The number of piperidine rings is 1. The zero-order chi connectivity index (χ0) is 25.4. The van der Waals surface area contributed by atoms with Crippen LogP contribution in [0.2, 0.25) is 0 Å². The highest BCUT2D eigenvalue weighted by Crippen LogP contribution is 2.27. The number of β-amino-alcohol motifs (C(OH)–C–C–N with tert-alkyl or cyclic N) is 1. The highest BCUT2D eigenvalue weighted by Gasteiger charge is 2.33. The number of ketones is 1. The minimum absolute atomic E-state index is 0. The van der Waals surface area contributed by atoms with E-state index in [9.17, 15) is 19.4 Å². The maximum atomic E-state index is 13.1. The van der Waals surface area contributed by atoms with Gasteiger partial charge in [-0.25, -0.2) is 4.39 Å². The number of benzene rings is 3. The van der Waals surface area contributed by atoms with Gasteiger partial charge in [-0.15, -0.1) is 12.4 Å². The first-order valence-corrected chi connectivity index (χ1v) is 12.6. The molecule has 1 atom stereocenters. The Morgan fingerprint density at radius 1 is 0.946 bits per heavy atom. The predicted octanol–water partition coefficient (Wildman–Crippen LogP) is 4.87. The molecule has 7 heteroatoms. The number of ether oxygens (including phenoxy) is 1. The van der Waals surface area contributed by atoms with Crippen molar-refractivity contribution >= 4 is 18.2 Å². The SMILES string of the molecule is Cl.O=C(CCc1ccc(F)cc1)c1ccccc1OCC(O)CN1CCC(O)(Cc2ccccc2)CC1. The van der Waals surface area contributed by atoms with Crippen molar-refractivity contribution in [2.24, 2.45) is 0 Å². The van der Waals surface area contributed by atoms with Crippen LogP contribution in [0.5, 0.6) is 5.75 Å².